The molecule has 9 heteroatoms. The highest BCUT2D eigenvalue weighted by atomic mass is 32.2. The molecule has 0 saturated carbocycles. The van der Waals surface area contributed by atoms with Crippen LogP contribution in [-0.4, -0.2) is 55.9 Å². The average Bonchev–Trinajstić information content (AvgIpc) is 3.64. The number of amides is 2. The molecule has 2 heterocycles. The monoisotopic (exact) mass is 506 g/mol. The van der Waals surface area contributed by atoms with Crippen LogP contribution in [-0.2, 0) is 0 Å². The molecule has 3 aromatic rings. The van der Waals surface area contributed by atoms with E-state index in [4.69, 9.17) is 0 Å². The molecule has 5 rings (SSSR count). The van der Waals surface area contributed by atoms with Crippen molar-refractivity contribution in [3.63, 3.8) is 0 Å². The molecule has 2 amide bonds. The maximum Gasteiger partial charge on any atom is 0.256 e. The van der Waals surface area contributed by atoms with Gasteiger partial charge in [-0.25, -0.2) is 0 Å². The molecule has 0 aromatic heterocycles. The maximum atomic E-state index is 13.0. The van der Waals surface area contributed by atoms with Gasteiger partial charge >= 0.3 is 0 Å². The number of nitrogens with one attached hydrogen (secondary N) is 4. The largest absolute Gasteiger partial charge is 0.368 e. The number of carbonyl (C=O) groups excluding carboxylic acids is 2. The number of anilines is 2. The Morgan fingerprint density at radius 1 is 0.778 bits per heavy atom. The molecular formula is C27H34N6O2S. The van der Waals surface area contributed by atoms with Gasteiger partial charge in [-0.1, -0.05) is 0 Å². The van der Waals surface area contributed by atoms with Crippen molar-refractivity contribution < 1.29 is 15.3 Å². The molecule has 2 aliphatic rings. The standard InChI is InChI=1S/C27H26N6O2S.4H2/c1-36-23-16-19(26(34)32-20-7-2-17(3-8-20)24-28-12-13-29-24)6-11-22(23)27(35)33-21-9-4-18(5-10-21)25-30-14-15-31-25;;;;/h2-11,16H,12-15H2,1H3,(H,28,29)(H,30,31)(H,32,34)(H,33,35);4*1H. The Balaban J connectivity index is 0.00000200. The molecule has 0 aliphatic carbocycles. The van der Waals surface area contributed by atoms with Gasteiger partial charge in [0.25, 0.3) is 11.8 Å². The van der Waals surface area contributed by atoms with Gasteiger partial charge in [0.05, 0.1) is 18.7 Å². The fourth-order valence-electron chi connectivity index (χ4n) is 4.03. The van der Waals surface area contributed by atoms with Crippen LogP contribution in [0, 0.1) is 0 Å². The Morgan fingerprint density at radius 3 is 1.78 bits per heavy atom. The maximum absolute atomic E-state index is 13.0. The molecule has 0 atom stereocenters. The highest BCUT2D eigenvalue weighted by molar-refractivity contribution is 7.98. The van der Waals surface area contributed by atoms with Gasteiger partial charge in [-0.15, -0.1) is 11.8 Å². The minimum atomic E-state index is -0.236. The summed E-state index contributed by atoms with van der Waals surface area (Å²) in [7, 11) is 0. The summed E-state index contributed by atoms with van der Waals surface area (Å²) < 4.78 is 0. The van der Waals surface area contributed by atoms with Crippen molar-refractivity contribution in [2.75, 3.05) is 43.1 Å². The quantitative estimate of drug-likeness (QED) is 0.351. The Labute approximate surface area is 219 Å². The third-order valence-corrected chi connectivity index (χ3v) is 6.67. The minimum absolute atomic E-state index is 0. The number of thioether (sulfide) groups is 1. The first-order valence-electron chi connectivity index (χ1n) is 11.7. The number of hydrogen-bond acceptors (Lipinski definition) is 7. The second kappa shape index (κ2) is 10.7. The molecular weight excluding hydrogens is 472 g/mol. The Bertz CT molecular complexity index is 1370. The molecule has 0 unspecified atom stereocenters. The summed E-state index contributed by atoms with van der Waals surface area (Å²) in [4.78, 5) is 35.4. The summed E-state index contributed by atoms with van der Waals surface area (Å²) in [5.41, 5.74) is 4.36. The molecule has 0 spiro atoms. The van der Waals surface area contributed by atoms with Crippen LogP contribution in [0.3, 0.4) is 0 Å². The summed E-state index contributed by atoms with van der Waals surface area (Å²) in [5.74, 6) is 1.29. The summed E-state index contributed by atoms with van der Waals surface area (Å²) in [6.07, 6.45) is 1.89. The smallest absolute Gasteiger partial charge is 0.256 e. The fourth-order valence-corrected chi connectivity index (χ4v) is 4.65. The summed E-state index contributed by atoms with van der Waals surface area (Å²) in [5, 5.41) is 12.3. The number of hydrogen-bond donors (Lipinski definition) is 4. The van der Waals surface area contributed by atoms with Crippen LogP contribution in [0.4, 0.5) is 11.4 Å². The predicted octanol–water partition coefficient (Wildman–Crippen LogP) is 4.60. The first-order valence-corrected chi connectivity index (χ1v) is 12.9. The predicted molar refractivity (Wildman–Crippen MR) is 154 cm³/mol. The van der Waals surface area contributed by atoms with E-state index in [9.17, 15) is 9.59 Å². The van der Waals surface area contributed by atoms with Crippen LogP contribution in [0.1, 0.15) is 37.5 Å². The summed E-state index contributed by atoms with van der Waals surface area (Å²) in [6.45, 7) is 3.25. The number of nitrogens with zero attached hydrogens (tertiary/aromatic N) is 2. The van der Waals surface area contributed by atoms with E-state index in [-0.39, 0.29) is 17.5 Å². The lowest BCUT2D eigenvalue weighted by Gasteiger charge is -2.12. The van der Waals surface area contributed by atoms with Crippen molar-refractivity contribution in [1.29, 1.82) is 0 Å². The van der Waals surface area contributed by atoms with E-state index >= 15 is 0 Å². The molecule has 0 radical (unpaired) electrons. The normalized spacial score (nSPS) is 14.4. The van der Waals surface area contributed by atoms with Crippen molar-refractivity contribution in [3.05, 3.63) is 89.0 Å². The topological polar surface area (TPSA) is 107 Å². The lowest BCUT2D eigenvalue weighted by atomic mass is 10.1. The second-order valence-corrected chi connectivity index (χ2v) is 9.14. The van der Waals surface area contributed by atoms with Crippen molar-refractivity contribution in [2.24, 2.45) is 9.98 Å². The first kappa shape index (κ1) is 23.6. The van der Waals surface area contributed by atoms with E-state index in [1.165, 1.54) is 11.8 Å². The van der Waals surface area contributed by atoms with E-state index in [1.807, 2.05) is 54.8 Å². The Kier molecular flexibility index (Phi) is 6.99. The van der Waals surface area contributed by atoms with E-state index in [1.54, 1.807) is 18.2 Å². The Hall–Kier alpha value is -4.11. The van der Waals surface area contributed by atoms with Crippen LogP contribution in [0.25, 0.3) is 0 Å². The average molecular weight is 507 g/mol. The summed E-state index contributed by atoms with van der Waals surface area (Å²) >= 11 is 1.42. The third-order valence-electron chi connectivity index (χ3n) is 5.89. The highest BCUT2D eigenvalue weighted by Crippen LogP contribution is 2.24. The molecule has 0 bridgehead atoms. The van der Waals surface area contributed by atoms with Gasteiger partial charge in [0, 0.05) is 51.8 Å². The number of amidine groups is 2. The SMILES string of the molecule is CSc1cc(C(=O)Nc2ccc(C3=NCCN3)cc2)ccc1C(=O)Nc1ccc(C2=NCCN2)cc1.[HH].[HH].[HH].[HH]. The highest BCUT2D eigenvalue weighted by Gasteiger charge is 2.16. The van der Waals surface area contributed by atoms with Crippen molar-refractivity contribution in [3.8, 4) is 0 Å². The minimum Gasteiger partial charge on any atom is -0.368 e. The summed E-state index contributed by atoms with van der Waals surface area (Å²) in [6, 6.07) is 20.2. The third kappa shape index (κ3) is 5.26. The van der Waals surface area contributed by atoms with Crippen molar-refractivity contribution >= 4 is 46.6 Å². The number of rotatable bonds is 7. The van der Waals surface area contributed by atoms with E-state index in [2.05, 4.69) is 31.3 Å². The van der Waals surface area contributed by atoms with Gasteiger partial charge < -0.3 is 21.3 Å². The van der Waals surface area contributed by atoms with Crippen LogP contribution in [0.5, 0.6) is 0 Å². The van der Waals surface area contributed by atoms with Gasteiger partial charge in [-0.05, 0) is 73.0 Å². The van der Waals surface area contributed by atoms with Crippen molar-refractivity contribution in [1.82, 2.24) is 10.6 Å². The molecule has 0 saturated heterocycles. The van der Waals surface area contributed by atoms with Gasteiger partial charge in [-0.2, -0.15) is 0 Å². The number of aliphatic imine (C=N–C) groups is 2. The lowest BCUT2D eigenvalue weighted by molar-refractivity contribution is 0.101. The van der Waals surface area contributed by atoms with Crippen LogP contribution in [0.15, 0.2) is 81.6 Å². The molecule has 3 aromatic carbocycles. The van der Waals surface area contributed by atoms with Crippen LogP contribution in [0.2, 0.25) is 0 Å². The number of carbonyl (C=O) groups is 2. The lowest BCUT2D eigenvalue weighted by Crippen LogP contribution is -2.19. The van der Waals surface area contributed by atoms with Gasteiger partial charge in [-0.3, -0.25) is 19.6 Å². The van der Waals surface area contributed by atoms with Crippen LogP contribution < -0.4 is 21.3 Å². The number of benzene rings is 3. The second-order valence-electron chi connectivity index (χ2n) is 8.29. The van der Waals surface area contributed by atoms with Gasteiger partial charge in [0.2, 0.25) is 0 Å². The van der Waals surface area contributed by atoms with E-state index in [0.717, 1.165) is 53.9 Å². The molecule has 36 heavy (non-hydrogen) atoms. The molecule has 190 valence electrons. The fraction of sp³-hybridized carbons (Fsp3) is 0.185. The van der Waals surface area contributed by atoms with E-state index in [0.29, 0.717) is 22.5 Å². The van der Waals surface area contributed by atoms with Gasteiger partial charge in [0.15, 0.2) is 0 Å². The van der Waals surface area contributed by atoms with Crippen molar-refractivity contribution in [2.45, 2.75) is 4.90 Å². The molecule has 8 nitrogen and oxygen atoms in total. The van der Waals surface area contributed by atoms with Gasteiger partial charge in [0.1, 0.15) is 11.7 Å². The first-order chi connectivity index (χ1) is 17.6. The molecule has 4 N–H and O–H groups in total. The zero-order valence-corrected chi connectivity index (χ0v) is 20.6. The van der Waals surface area contributed by atoms with Crippen LogP contribution >= 0.6 is 11.8 Å². The molecule has 2 aliphatic heterocycles. The van der Waals surface area contributed by atoms with E-state index < -0.39 is 0 Å². The zero-order chi connectivity index (χ0) is 24.9. The zero-order valence-electron chi connectivity index (χ0n) is 19.8. The Morgan fingerprint density at radius 2 is 1.31 bits per heavy atom. The molecule has 0 fully saturated rings.